The summed E-state index contributed by atoms with van der Waals surface area (Å²) in [6.45, 7) is 4.11. The molecule has 0 aliphatic heterocycles. The number of sulfonamides is 1. The molecule has 7 nitrogen and oxygen atoms in total. The molecule has 0 saturated carbocycles. The fourth-order valence-electron chi connectivity index (χ4n) is 2.41. The van der Waals surface area contributed by atoms with Gasteiger partial charge in [0, 0.05) is 24.5 Å². The molecule has 0 unspecified atom stereocenters. The van der Waals surface area contributed by atoms with E-state index in [1.807, 2.05) is 38.1 Å². The van der Waals surface area contributed by atoms with E-state index in [0.717, 1.165) is 11.5 Å². The Kier molecular flexibility index (Phi) is 9.01. The first-order valence-electron chi connectivity index (χ1n) is 9.46. The largest absolute Gasteiger partial charge is 0.497 e. The number of benzene rings is 2. The summed E-state index contributed by atoms with van der Waals surface area (Å²) in [5, 5.41) is 2.77. The lowest BCUT2D eigenvalue weighted by Gasteiger charge is -2.21. The Hall–Kier alpha value is -2.23. The molecule has 0 spiro atoms. The zero-order valence-electron chi connectivity index (χ0n) is 17.6. The standard InChI is InChI=1S/C21H28N2O5S2/c1-16(2)23(3)30(25,26)20-11-5-17(6-12-20)22-21(24)15-29-14-13-28-19-9-7-18(27-4)8-10-19/h5-12,16H,13-15H2,1-4H3,(H,22,24). The number of nitrogens with one attached hydrogen (secondary N) is 1. The van der Waals surface area contributed by atoms with Gasteiger partial charge in [0.25, 0.3) is 0 Å². The van der Waals surface area contributed by atoms with Gasteiger partial charge in [-0.15, -0.1) is 11.8 Å². The molecule has 2 aromatic carbocycles. The quantitative estimate of drug-likeness (QED) is 0.526. The van der Waals surface area contributed by atoms with E-state index >= 15 is 0 Å². The Morgan fingerprint density at radius 1 is 1.07 bits per heavy atom. The Labute approximate surface area is 182 Å². The fourth-order valence-corrected chi connectivity index (χ4v) is 4.38. The minimum absolute atomic E-state index is 0.139. The van der Waals surface area contributed by atoms with E-state index in [9.17, 15) is 13.2 Å². The molecule has 9 heteroatoms. The second kappa shape index (κ2) is 11.2. The van der Waals surface area contributed by atoms with Crippen LogP contribution in [-0.4, -0.2) is 56.9 Å². The first kappa shape index (κ1) is 24.0. The van der Waals surface area contributed by atoms with Crippen LogP contribution in [-0.2, 0) is 14.8 Å². The molecule has 0 atom stereocenters. The van der Waals surface area contributed by atoms with Crippen LogP contribution in [0.5, 0.6) is 11.5 Å². The number of rotatable bonds is 11. The maximum Gasteiger partial charge on any atom is 0.243 e. The molecule has 1 amide bonds. The van der Waals surface area contributed by atoms with Crippen LogP contribution >= 0.6 is 11.8 Å². The van der Waals surface area contributed by atoms with Crippen molar-refractivity contribution in [2.75, 3.05) is 37.6 Å². The van der Waals surface area contributed by atoms with Gasteiger partial charge in [0.2, 0.25) is 15.9 Å². The highest BCUT2D eigenvalue weighted by Crippen LogP contribution is 2.20. The molecule has 0 aliphatic rings. The third-order valence-corrected chi connectivity index (χ3v) is 7.30. The van der Waals surface area contributed by atoms with Gasteiger partial charge in [0.1, 0.15) is 11.5 Å². The second-order valence-electron chi connectivity index (χ2n) is 6.76. The summed E-state index contributed by atoms with van der Waals surface area (Å²) in [5.41, 5.74) is 0.557. The molecule has 2 aromatic rings. The summed E-state index contributed by atoms with van der Waals surface area (Å²) in [7, 11) is -0.378. The number of hydrogen-bond donors (Lipinski definition) is 1. The molecule has 0 saturated heterocycles. The topological polar surface area (TPSA) is 84.9 Å². The minimum Gasteiger partial charge on any atom is -0.497 e. The van der Waals surface area contributed by atoms with Gasteiger partial charge in [-0.05, 0) is 62.4 Å². The van der Waals surface area contributed by atoms with E-state index in [1.165, 1.54) is 28.2 Å². The maximum absolute atomic E-state index is 12.5. The summed E-state index contributed by atoms with van der Waals surface area (Å²) in [6, 6.07) is 13.4. The van der Waals surface area contributed by atoms with Crippen LogP contribution in [0.1, 0.15) is 13.8 Å². The van der Waals surface area contributed by atoms with Gasteiger partial charge in [-0.1, -0.05) is 0 Å². The first-order chi connectivity index (χ1) is 14.2. The summed E-state index contributed by atoms with van der Waals surface area (Å²) in [4.78, 5) is 12.3. The average Bonchev–Trinajstić information content (AvgIpc) is 2.73. The van der Waals surface area contributed by atoms with Crippen LogP contribution < -0.4 is 14.8 Å². The summed E-state index contributed by atoms with van der Waals surface area (Å²) in [6.07, 6.45) is 0. The minimum atomic E-state index is -3.54. The maximum atomic E-state index is 12.5. The van der Waals surface area contributed by atoms with Crippen molar-refractivity contribution in [1.29, 1.82) is 0 Å². The zero-order valence-corrected chi connectivity index (χ0v) is 19.3. The predicted octanol–water partition coefficient (Wildman–Crippen LogP) is 3.47. The molecule has 0 aromatic heterocycles. The van der Waals surface area contributed by atoms with Crippen molar-refractivity contribution >= 4 is 33.4 Å². The number of thioether (sulfide) groups is 1. The first-order valence-corrected chi connectivity index (χ1v) is 12.1. The van der Waals surface area contributed by atoms with Crippen molar-refractivity contribution in [2.24, 2.45) is 0 Å². The highest BCUT2D eigenvalue weighted by Gasteiger charge is 2.22. The van der Waals surface area contributed by atoms with Crippen molar-refractivity contribution in [1.82, 2.24) is 4.31 Å². The summed E-state index contributed by atoms with van der Waals surface area (Å²) >= 11 is 1.46. The van der Waals surface area contributed by atoms with Gasteiger partial charge in [0.05, 0.1) is 24.4 Å². The highest BCUT2D eigenvalue weighted by atomic mass is 32.2. The Morgan fingerprint density at radius 2 is 1.67 bits per heavy atom. The van der Waals surface area contributed by atoms with E-state index in [2.05, 4.69) is 5.32 Å². The molecule has 0 bridgehead atoms. The van der Waals surface area contributed by atoms with Gasteiger partial charge < -0.3 is 14.8 Å². The lowest BCUT2D eigenvalue weighted by Crippen LogP contribution is -2.33. The van der Waals surface area contributed by atoms with E-state index < -0.39 is 10.0 Å². The third kappa shape index (κ3) is 6.93. The van der Waals surface area contributed by atoms with Crippen molar-refractivity contribution in [3.8, 4) is 11.5 Å². The fraction of sp³-hybridized carbons (Fsp3) is 0.381. The summed E-state index contributed by atoms with van der Waals surface area (Å²) < 4.78 is 36.9. The van der Waals surface area contributed by atoms with E-state index in [1.54, 1.807) is 26.3 Å². The molecule has 30 heavy (non-hydrogen) atoms. The van der Waals surface area contributed by atoms with Crippen LogP contribution in [0.4, 0.5) is 5.69 Å². The normalized spacial score (nSPS) is 11.5. The number of carbonyl (C=O) groups is 1. The average molecular weight is 453 g/mol. The molecular weight excluding hydrogens is 424 g/mol. The van der Waals surface area contributed by atoms with Crippen molar-refractivity contribution < 1.29 is 22.7 Å². The van der Waals surface area contributed by atoms with Crippen molar-refractivity contribution in [3.05, 3.63) is 48.5 Å². The summed E-state index contributed by atoms with van der Waals surface area (Å²) in [5.74, 6) is 2.31. The van der Waals surface area contributed by atoms with Crippen molar-refractivity contribution in [2.45, 2.75) is 24.8 Å². The SMILES string of the molecule is COc1ccc(OCCSCC(=O)Nc2ccc(S(=O)(=O)N(C)C(C)C)cc2)cc1. The van der Waals surface area contributed by atoms with Crippen LogP contribution in [0, 0.1) is 0 Å². The Morgan fingerprint density at radius 3 is 2.23 bits per heavy atom. The lowest BCUT2D eigenvalue weighted by atomic mass is 10.3. The zero-order chi connectivity index (χ0) is 22.1. The molecule has 0 heterocycles. The third-order valence-electron chi connectivity index (χ3n) is 4.33. The number of methoxy groups -OCH3 is 1. The van der Waals surface area contributed by atoms with Gasteiger partial charge >= 0.3 is 0 Å². The molecule has 164 valence electrons. The number of ether oxygens (including phenoxy) is 2. The molecule has 2 rings (SSSR count). The Balaban J connectivity index is 1.74. The molecular formula is C21H28N2O5S2. The van der Waals surface area contributed by atoms with E-state index in [4.69, 9.17) is 9.47 Å². The molecule has 0 aliphatic carbocycles. The molecule has 0 fully saturated rings. The molecule has 0 radical (unpaired) electrons. The van der Waals surface area contributed by atoms with Crippen LogP contribution in [0.15, 0.2) is 53.4 Å². The van der Waals surface area contributed by atoms with Gasteiger partial charge in [0.15, 0.2) is 0 Å². The predicted molar refractivity (Wildman–Crippen MR) is 121 cm³/mol. The smallest absolute Gasteiger partial charge is 0.243 e. The molecule has 1 N–H and O–H groups in total. The van der Waals surface area contributed by atoms with Gasteiger partial charge in [-0.25, -0.2) is 8.42 Å². The monoisotopic (exact) mass is 452 g/mol. The second-order valence-corrected chi connectivity index (χ2v) is 9.87. The Bertz CT molecular complexity index is 913. The van der Waals surface area contributed by atoms with Crippen LogP contribution in [0.25, 0.3) is 0 Å². The van der Waals surface area contributed by atoms with Gasteiger partial charge in [-0.3, -0.25) is 4.79 Å². The highest BCUT2D eigenvalue weighted by molar-refractivity contribution is 7.99. The van der Waals surface area contributed by atoms with Gasteiger partial charge in [-0.2, -0.15) is 4.31 Å². The van der Waals surface area contributed by atoms with Crippen molar-refractivity contribution in [3.63, 3.8) is 0 Å². The number of nitrogens with zero attached hydrogens (tertiary/aromatic N) is 1. The number of hydrogen-bond acceptors (Lipinski definition) is 6. The number of anilines is 1. The van der Waals surface area contributed by atoms with Crippen LogP contribution in [0.3, 0.4) is 0 Å². The lowest BCUT2D eigenvalue weighted by molar-refractivity contribution is -0.113. The van der Waals surface area contributed by atoms with E-state index in [-0.39, 0.29) is 22.6 Å². The number of amides is 1. The number of carbonyl (C=O) groups excluding carboxylic acids is 1. The van der Waals surface area contributed by atoms with Crippen LogP contribution in [0.2, 0.25) is 0 Å². The van der Waals surface area contributed by atoms with E-state index in [0.29, 0.717) is 18.0 Å².